The molecule has 7 nitrogen and oxygen atoms in total. The van der Waals surface area contributed by atoms with Crippen LogP contribution in [-0.2, 0) is 11.8 Å². The van der Waals surface area contributed by atoms with Gasteiger partial charge in [0.25, 0.3) is 5.19 Å². The summed E-state index contributed by atoms with van der Waals surface area (Å²) in [6.45, 7) is 1.01. The van der Waals surface area contributed by atoms with Crippen molar-refractivity contribution in [1.29, 1.82) is 0 Å². The van der Waals surface area contributed by atoms with Crippen molar-refractivity contribution in [3.8, 4) is 5.19 Å². The number of nitrogens with one attached hydrogen (secondary N) is 1. The van der Waals surface area contributed by atoms with Crippen LogP contribution in [0.25, 0.3) is 21.4 Å². The molecule has 0 unspecified atom stereocenters. The molecule has 106 valence electrons. The second-order valence-electron chi connectivity index (χ2n) is 4.24. The summed E-state index contributed by atoms with van der Waals surface area (Å²) in [7, 11) is 5.42. The number of fused-ring (bicyclic) bond motifs is 3. The first-order chi connectivity index (χ1) is 9.74. The number of pyridine rings is 1. The van der Waals surface area contributed by atoms with Crippen LogP contribution in [0.2, 0.25) is 0 Å². The first-order valence-electron chi connectivity index (χ1n) is 6.15. The number of anilines is 1. The minimum absolute atomic E-state index is 0.476. The van der Waals surface area contributed by atoms with Crippen molar-refractivity contribution in [3.63, 3.8) is 0 Å². The van der Waals surface area contributed by atoms with Crippen LogP contribution in [0.1, 0.15) is 0 Å². The Hall–Kier alpha value is -1.93. The minimum atomic E-state index is 0.476. The van der Waals surface area contributed by atoms with E-state index >= 15 is 0 Å². The molecule has 0 aromatic carbocycles. The molecule has 0 aliphatic carbocycles. The number of aryl methyl sites for hydroxylation is 1. The van der Waals surface area contributed by atoms with Crippen LogP contribution in [0.3, 0.4) is 0 Å². The maximum absolute atomic E-state index is 5.56. The monoisotopic (exact) mass is 293 g/mol. The van der Waals surface area contributed by atoms with Crippen molar-refractivity contribution in [3.05, 3.63) is 6.33 Å². The number of hydrogen-bond acceptors (Lipinski definition) is 7. The molecule has 0 aliphatic rings. The van der Waals surface area contributed by atoms with Gasteiger partial charge in [-0.25, -0.2) is 9.97 Å². The van der Waals surface area contributed by atoms with Gasteiger partial charge in [0.05, 0.1) is 12.9 Å². The third kappa shape index (κ3) is 2.06. The van der Waals surface area contributed by atoms with Crippen molar-refractivity contribution in [1.82, 2.24) is 19.5 Å². The van der Waals surface area contributed by atoms with Gasteiger partial charge in [0.1, 0.15) is 23.2 Å². The number of ether oxygens (including phenoxy) is 2. The number of thiazole rings is 1. The van der Waals surface area contributed by atoms with Crippen molar-refractivity contribution in [2.24, 2.45) is 7.05 Å². The lowest BCUT2D eigenvalue weighted by atomic mass is 10.3. The smallest absolute Gasteiger partial charge is 0.275 e. The third-order valence-corrected chi connectivity index (χ3v) is 3.80. The molecule has 3 rings (SSSR count). The van der Waals surface area contributed by atoms with Gasteiger partial charge in [0, 0.05) is 21.2 Å². The molecule has 3 heterocycles. The maximum atomic E-state index is 5.56. The van der Waals surface area contributed by atoms with Crippen molar-refractivity contribution < 1.29 is 9.47 Å². The van der Waals surface area contributed by atoms with Crippen LogP contribution in [0.15, 0.2) is 6.33 Å². The average molecular weight is 293 g/mol. The van der Waals surface area contributed by atoms with E-state index in [-0.39, 0.29) is 0 Å². The van der Waals surface area contributed by atoms with Crippen LogP contribution in [0, 0.1) is 0 Å². The molecular formula is C12H15N5O2S. The van der Waals surface area contributed by atoms with Crippen molar-refractivity contribution in [2.75, 3.05) is 32.7 Å². The van der Waals surface area contributed by atoms with Gasteiger partial charge in [-0.05, 0) is 0 Å². The summed E-state index contributed by atoms with van der Waals surface area (Å²) in [4.78, 5) is 14.2. The lowest BCUT2D eigenvalue weighted by Crippen LogP contribution is -2.03. The molecule has 0 saturated carbocycles. The molecule has 0 bridgehead atoms. The summed E-state index contributed by atoms with van der Waals surface area (Å²) >= 11 is 1.42. The molecule has 0 spiro atoms. The van der Waals surface area contributed by atoms with Crippen LogP contribution in [-0.4, -0.2) is 46.9 Å². The van der Waals surface area contributed by atoms with Gasteiger partial charge in [-0.15, -0.1) is 0 Å². The molecule has 8 heteroatoms. The predicted octanol–water partition coefficient (Wildman–Crippen LogP) is 1.64. The average Bonchev–Trinajstić information content (AvgIpc) is 3.01. The number of nitrogens with zero attached hydrogens (tertiary/aromatic N) is 4. The van der Waals surface area contributed by atoms with E-state index in [9.17, 15) is 0 Å². The molecule has 20 heavy (non-hydrogen) atoms. The zero-order valence-electron chi connectivity index (χ0n) is 11.5. The molecule has 3 aromatic rings. The highest BCUT2D eigenvalue weighted by atomic mass is 32.1. The summed E-state index contributed by atoms with van der Waals surface area (Å²) in [6, 6.07) is 0. The van der Waals surface area contributed by atoms with Crippen LogP contribution in [0.4, 0.5) is 5.82 Å². The Morgan fingerprint density at radius 2 is 2.15 bits per heavy atom. The Balaban J connectivity index is 2.12. The number of rotatable bonds is 5. The van der Waals surface area contributed by atoms with Gasteiger partial charge in [0.15, 0.2) is 10.6 Å². The van der Waals surface area contributed by atoms with E-state index in [2.05, 4.69) is 20.3 Å². The van der Waals surface area contributed by atoms with Gasteiger partial charge >= 0.3 is 0 Å². The maximum Gasteiger partial charge on any atom is 0.275 e. The largest absolute Gasteiger partial charge is 0.468 e. The zero-order valence-corrected chi connectivity index (χ0v) is 12.3. The van der Waals surface area contributed by atoms with Gasteiger partial charge in [0.2, 0.25) is 0 Å². The van der Waals surface area contributed by atoms with E-state index in [0.717, 1.165) is 27.2 Å². The van der Waals surface area contributed by atoms with Gasteiger partial charge in [-0.1, -0.05) is 11.3 Å². The van der Waals surface area contributed by atoms with E-state index in [1.165, 1.54) is 11.3 Å². The topological polar surface area (TPSA) is 74.1 Å². The van der Waals surface area contributed by atoms with Crippen LogP contribution >= 0.6 is 11.3 Å². The third-order valence-electron chi connectivity index (χ3n) is 2.94. The fraction of sp³-hybridized carbons (Fsp3) is 0.417. The Kier molecular flexibility index (Phi) is 3.41. The molecule has 3 aromatic heterocycles. The highest BCUT2D eigenvalue weighted by Gasteiger charge is 2.16. The Morgan fingerprint density at radius 3 is 2.90 bits per heavy atom. The second-order valence-corrected chi connectivity index (χ2v) is 5.18. The van der Waals surface area contributed by atoms with E-state index < -0.39 is 0 Å². The Morgan fingerprint density at radius 1 is 1.30 bits per heavy atom. The summed E-state index contributed by atoms with van der Waals surface area (Å²) < 4.78 is 12.5. The second kappa shape index (κ2) is 5.22. The quantitative estimate of drug-likeness (QED) is 0.721. The summed E-state index contributed by atoms with van der Waals surface area (Å²) in [6.07, 6.45) is 1.76. The molecule has 0 aliphatic heterocycles. The van der Waals surface area contributed by atoms with Gasteiger partial charge < -0.3 is 19.4 Å². The molecule has 0 amide bonds. The number of aromatic nitrogens is 4. The fourth-order valence-electron chi connectivity index (χ4n) is 2.01. The molecule has 0 fully saturated rings. The standard InChI is InChI=1S/C12H15N5O2S/c1-13-10-7-9(17(2)6-14-7)8-11(16-10)20-12(15-8)19-5-4-18-3/h6H,4-5H2,1-3H3,(H,13,16). The first-order valence-corrected chi connectivity index (χ1v) is 6.97. The number of methoxy groups -OCH3 is 1. The Labute approximate surface area is 119 Å². The lowest BCUT2D eigenvalue weighted by molar-refractivity contribution is 0.146. The highest BCUT2D eigenvalue weighted by Crippen LogP contribution is 2.33. The molecule has 1 N–H and O–H groups in total. The first kappa shape index (κ1) is 13.1. The van der Waals surface area contributed by atoms with Gasteiger partial charge in [-0.3, -0.25) is 0 Å². The van der Waals surface area contributed by atoms with E-state index in [4.69, 9.17) is 9.47 Å². The van der Waals surface area contributed by atoms with E-state index in [1.54, 1.807) is 13.4 Å². The fourth-order valence-corrected chi connectivity index (χ4v) is 2.83. The normalized spacial score (nSPS) is 11.3. The molecular weight excluding hydrogens is 278 g/mol. The minimum Gasteiger partial charge on any atom is -0.468 e. The molecule has 0 saturated heterocycles. The summed E-state index contributed by atoms with van der Waals surface area (Å²) in [5.74, 6) is 0.750. The van der Waals surface area contributed by atoms with Crippen molar-refractivity contribution in [2.45, 2.75) is 0 Å². The molecule has 0 atom stereocenters. The SMILES string of the molecule is CNc1nc2sc(OCCOC)nc2c2c1ncn2C. The van der Waals surface area contributed by atoms with E-state index in [0.29, 0.717) is 18.4 Å². The Bertz CT molecular complexity index is 751. The van der Waals surface area contributed by atoms with Crippen molar-refractivity contribution >= 4 is 38.5 Å². The van der Waals surface area contributed by atoms with Gasteiger partial charge in [-0.2, -0.15) is 4.98 Å². The summed E-state index contributed by atoms with van der Waals surface area (Å²) in [5, 5.41) is 3.67. The van der Waals surface area contributed by atoms with E-state index in [1.807, 2.05) is 18.7 Å². The highest BCUT2D eigenvalue weighted by molar-refractivity contribution is 7.20. The van der Waals surface area contributed by atoms with Crippen LogP contribution in [0.5, 0.6) is 5.19 Å². The number of imidazole rings is 1. The predicted molar refractivity (Wildman–Crippen MR) is 78.6 cm³/mol. The summed E-state index contributed by atoms with van der Waals surface area (Å²) in [5.41, 5.74) is 2.59. The lowest BCUT2D eigenvalue weighted by Gasteiger charge is -2.01. The van der Waals surface area contributed by atoms with Crippen LogP contribution < -0.4 is 10.1 Å². The zero-order chi connectivity index (χ0) is 14.1. The number of hydrogen-bond donors (Lipinski definition) is 1. The molecule has 0 radical (unpaired) electrons.